The molecule has 0 aromatic heterocycles. The lowest BCUT2D eigenvalue weighted by molar-refractivity contribution is 0.0972. The number of rotatable bonds is 8. The molecule has 0 aliphatic rings. The summed E-state index contributed by atoms with van der Waals surface area (Å²) in [6, 6.07) is 21.6. The minimum absolute atomic E-state index is 0.167. The van der Waals surface area contributed by atoms with Crippen LogP contribution in [0.25, 0.3) is 0 Å². The summed E-state index contributed by atoms with van der Waals surface area (Å²) in [5.41, 5.74) is 3.30. The number of ether oxygens (including phenoxy) is 1. The van der Waals surface area contributed by atoms with Gasteiger partial charge in [-0.3, -0.25) is 14.9 Å². The summed E-state index contributed by atoms with van der Waals surface area (Å²) in [4.78, 5) is 25.1. The SMILES string of the molecule is CCCCOc1ccccc1C(=O)NC(=S)Nc1ccc(NC(=O)c2ccccc2C)cc1. The Labute approximate surface area is 199 Å². The molecule has 7 heteroatoms. The van der Waals surface area contributed by atoms with Gasteiger partial charge in [0.2, 0.25) is 0 Å². The first-order valence-corrected chi connectivity index (χ1v) is 11.2. The fourth-order valence-corrected chi connectivity index (χ4v) is 3.31. The maximum absolute atomic E-state index is 12.7. The quantitative estimate of drug-likeness (QED) is 0.303. The smallest absolute Gasteiger partial charge is 0.261 e. The van der Waals surface area contributed by atoms with Gasteiger partial charge in [0.05, 0.1) is 12.2 Å². The fourth-order valence-electron chi connectivity index (χ4n) is 3.10. The van der Waals surface area contributed by atoms with E-state index in [0.29, 0.717) is 34.9 Å². The van der Waals surface area contributed by atoms with Gasteiger partial charge in [0.25, 0.3) is 11.8 Å². The van der Waals surface area contributed by atoms with Gasteiger partial charge in [-0.1, -0.05) is 43.7 Å². The van der Waals surface area contributed by atoms with E-state index in [1.54, 1.807) is 48.5 Å². The van der Waals surface area contributed by atoms with Gasteiger partial charge in [-0.15, -0.1) is 0 Å². The van der Waals surface area contributed by atoms with E-state index in [2.05, 4.69) is 22.9 Å². The van der Waals surface area contributed by atoms with Crippen LogP contribution in [-0.2, 0) is 0 Å². The van der Waals surface area contributed by atoms with Gasteiger partial charge in [-0.2, -0.15) is 0 Å². The second-order valence-corrected chi connectivity index (χ2v) is 7.86. The van der Waals surface area contributed by atoms with Crippen LogP contribution in [0.2, 0.25) is 0 Å². The van der Waals surface area contributed by atoms with Crippen molar-refractivity contribution in [3.63, 3.8) is 0 Å². The van der Waals surface area contributed by atoms with Crippen molar-refractivity contribution in [1.82, 2.24) is 5.32 Å². The topological polar surface area (TPSA) is 79.5 Å². The van der Waals surface area contributed by atoms with Crippen molar-refractivity contribution in [3.05, 3.63) is 89.5 Å². The summed E-state index contributed by atoms with van der Waals surface area (Å²) >= 11 is 5.29. The number of thiocarbonyl (C=S) groups is 1. The second kappa shape index (κ2) is 11.8. The second-order valence-electron chi connectivity index (χ2n) is 7.45. The molecule has 0 aliphatic heterocycles. The zero-order chi connectivity index (χ0) is 23.6. The molecule has 3 rings (SSSR count). The van der Waals surface area contributed by atoms with E-state index in [1.807, 2.05) is 31.2 Å². The Hall–Kier alpha value is -3.71. The lowest BCUT2D eigenvalue weighted by Crippen LogP contribution is -2.34. The lowest BCUT2D eigenvalue weighted by atomic mass is 10.1. The Morgan fingerprint density at radius 2 is 1.42 bits per heavy atom. The molecule has 6 nitrogen and oxygen atoms in total. The van der Waals surface area contributed by atoms with E-state index < -0.39 is 0 Å². The van der Waals surface area contributed by atoms with Gasteiger partial charge < -0.3 is 15.4 Å². The van der Waals surface area contributed by atoms with Gasteiger partial charge in [0.1, 0.15) is 5.75 Å². The van der Waals surface area contributed by atoms with Crippen molar-refractivity contribution in [2.75, 3.05) is 17.2 Å². The summed E-state index contributed by atoms with van der Waals surface area (Å²) in [5, 5.41) is 8.71. The van der Waals surface area contributed by atoms with Crippen molar-refractivity contribution in [3.8, 4) is 5.75 Å². The molecule has 3 N–H and O–H groups in total. The van der Waals surface area contributed by atoms with Crippen LogP contribution in [0.1, 0.15) is 46.0 Å². The number of para-hydroxylation sites is 1. The Morgan fingerprint density at radius 1 is 0.818 bits per heavy atom. The van der Waals surface area contributed by atoms with Gasteiger partial charge in [0, 0.05) is 16.9 Å². The lowest BCUT2D eigenvalue weighted by Gasteiger charge is -2.13. The number of hydrogen-bond acceptors (Lipinski definition) is 4. The highest BCUT2D eigenvalue weighted by molar-refractivity contribution is 7.80. The minimum atomic E-state index is -0.346. The predicted molar refractivity (Wildman–Crippen MR) is 136 cm³/mol. The number of amides is 2. The van der Waals surface area contributed by atoms with Crippen molar-refractivity contribution >= 4 is 40.5 Å². The number of benzene rings is 3. The highest BCUT2D eigenvalue weighted by Crippen LogP contribution is 2.19. The van der Waals surface area contributed by atoms with Crippen LogP contribution in [0.3, 0.4) is 0 Å². The highest BCUT2D eigenvalue weighted by Gasteiger charge is 2.14. The average Bonchev–Trinajstić information content (AvgIpc) is 2.81. The van der Waals surface area contributed by atoms with Crippen molar-refractivity contribution < 1.29 is 14.3 Å². The third kappa shape index (κ3) is 6.89. The van der Waals surface area contributed by atoms with Crippen LogP contribution in [0.15, 0.2) is 72.8 Å². The maximum Gasteiger partial charge on any atom is 0.261 e. The molecule has 0 heterocycles. The summed E-state index contributed by atoms with van der Waals surface area (Å²) in [7, 11) is 0. The Kier molecular flexibility index (Phi) is 8.55. The molecule has 0 radical (unpaired) electrons. The van der Waals surface area contributed by atoms with Crippen LogP contribution in [0.4, 0.5) is 11.4 Å². The van der Waals surface area contributed by atoms with E-state index in [9.17, 15) is 9.59 Å². The summed E-state index contributed by atoms with van der Waals surface area (Å²) in [5.74, 6) is 0.0122. The zero-order valence-electron chi connectivity index (χ0n) is 18.7. The molecule has 0 saturated carbocycles. The molecule has 0 atom stereocenters. The van der Waals surface area contributed by atoms with Crippen molar-refractivity contribution in [1.29, 1.82) is 0 Å². The number of unbranched alkanes of at least 4 members (excludes halogenated alkanes) is 1. The number of anilines is 2. The third-order valence-electron chi connectivity index (χ3n) is 4.90. The van der Waals surface area contributed by atoms with Crippen LogP contribution in [0.5, 0.6) is 5.75 Å². The molecule has 0 spiro atoms. The van der Waals surface area contributed by atoms with Crippen LogP contribution in [-0.4, -0.2) is 23.5 Å². The van der Waals surface area contributed by atoms with E-state index in [-0.39, 0.29) is 16.9 Å². The molecular weight excluding hydrogens is 434 g/mol. The van der Waals surface area contributed by atoms with Crippen molar-refractivity contribution in [2.24, 2.45) is 0 Å². The van der Waals surface area contributed by atoms with Gasteiger partial charge in [-0.05, 0) is 73.6 Å². The average molecular weight is 462 g/mol. The molecule has 0 unspecified atom stereocenters. The number of nitrogens with one attached hydrogen (secondary N) is 3. The highest BCUT2D eigenvalue weighted by atomic mass is 32.1. The minimum Gasteiger partial charge on any atom is -0.493 e. The van der Waals surface area contributed by atoms with Crippen LogP contribution in [0, 0.1) is 6.92 Å². The summed E-state index contributed by atoms with van der Waals surface area (Å²) in [6.07, 6.45) is 1.92. The van der Waals surface area contributed by atoms with Gasteiger partial charge >= 0.3 is 0 Å². The van der Waals surface area contributed by atoms with Gasteiger partial charge in [0.15, 0.2) is 5.11 Å². The number of carbonyl (C=O) groups is 2. The molecule has 3 aromatic rings. The maximum atomic E-state index is 12.7. The number of hydrogen-bond donors (Lipinski definition) is 3. The molecule has 3 aromatic carbocycles. The Morgan fingerprint density at radius 3 is 2.09 bits per heavy atom. The van der Waals surface area contributed by atoms with E-state index in [0.717, 1.165) is 18.4 Å². The van der Waals surface area contributed by atoms with Crippen LogP contribution >= 0.6 is 12.2 Å². The van der Waals surface area contributed by atoms with E-state index in [1.165, 1.54) is 0 Å². The fraction of sp³-hybridized carbons (Fsp3) is 0.192. The van der Waals surface area contributed by atoms with Crippen LogP contribution < -0.4 is 20.7 Å². The molecule has 33 heavy (non-hydrogen) atoms. The first-order valence-electron chi connectivity index (χ1n) is 10.8. The number of aryl methyl sites for hydroxylation is 1. The predicted octanol–water partition coefficient (Wildman–Crippen LogP) is 5.55. The molecule has 170 valence electrons. The largest absolute Gasteiger partial charge is 0.493 e. The monoisotopic (exact) mass is 461 g/mol. The first kappa shape index (κ1) is 23.9. The van der Waals surface area contributed by atoms with Crippen molar-refractivity contribution in [2.45, 2.75) is 26.7 Å². The molecule has 0 fully saturated rings. The third-order valence-corrected chi connectivity index (χ3v) is 5.11. The van der Waals surface area contributed by atoms with E-state index in [4.69, 9.17) is 17.0 Å². The summed E-state index contributed by atoms with van der Waals surface area (Å²) in [6.45, 7) is 4.53. The zero-order valence-corrected chi connectivity index (χ0v) is 19.5. The Bertz CT molecular complexity index is 1130. The van der Waals surface area contributed by atoms with E-state index >= 15 is 0 Å². The molecule has 0 saturated heterocycles. The van der Waals surface area contributed by atoms with Gasteiger partial charge in [-0.25, -0.2) is 0 Å². The first-order chi connectivity index (χ1) is 16.0. The molecule has 0 bridgehead atoms. The molecule has 2 amide bonds. The number of carbonyl (C=O) groups excluding carboxylic acids is 2. The standard InChI is InChI=1S/C26H27N3O3S/c1-3-4-17-32-23-12-8-7-11-22(23)25(31)29-26(33)28-20-15-13-19(14-16-20)27-24(30)21-10-6-5-9-18(21)2/h5-16H,3-4,17H2,1-2H3,(H,27,30)(H2,28,29,31,33). The summed E-state index contributed by atoms with van der Waals surface area (Å²) < 4.78 is 5.72. The Balaban J connectivity index is 1.56. The normalized spacial score (nSPS) is 10.2. The molecular formula is C26H27N3O3S. The molecule has 0 aliphatic carbocycles.